The summed E-state index contributed by atoms with van der Waals surface area (Å²) in [5, 5.41) is 27.2. The van der Waals surface area contributed by atoms with Gasteiger partial charge in [0.25, 0.3) is 11.6 Å². The highest BCUT2D eigenvalue weighted by atomic mass is 16.4. The van der Waals surface area contributed by atoms with Gasteiger partial charge in [-0.05, 0) is 111 Å². The lowest BCUT2D eigenvalue weighted by atomic mass is 9.85. The van der Waals surface area contributed by atoms with Gasteiger partial charge in [-0.2, -0.15) is 5.10 Å². The number of hydrogen-bond acceptors (Lipinski definition) is 7. The van der Waals surface area contributed by atoms with Crippen LogP contribution >= 0.6 is 0 Å². The maximum Gasteiger partial charge on any atom is 0.364 e. The zero-order chi connectivity index (χ0) is 45.4. The summed E-state index contributed by atoms with van der Waals surface area (Å²) in [4.78, 5) is 66.0. The molecule has 12 heteroatoms. The van der Waals surface area contributed by atoms with Crippen molar-refractivity contribution in [3.63, 3.8) is 0 Å². The zero-order valence-electron chi connectivity index (χ0n) is 37.8. The molecule has 3 amide bonds. The van der Waals surface area contributed by atoms with Gasteiger partial charge in [0, 0.05) is 41.9 Å². The van der Waals surface area contributed by atoms with Crippen LogP contribution in [0.5, 0.6) is 0 Å². The van der Waals surface area contributed by atoms with Gasteiger partial charge in [0.2, 0.25) is 11.8 Å². The first kappa shape index (κ1) is 50.8. The Morgan fingerprint density at radius 3 is 1.73 bits per heavy atom. The van der Waals surface area contributed by atoms with Gasteiger partial charge in [-0.1, -0.05) is 116 Å². The third kappa shape index (κ3) is 17.1. The first-order chi connectivity index (χ1) is 29.8. The Kier molecular flexibility index (Phi) is 22.5. The molecule has 0 fully saturated rings. The number of carboxylic acids is 2. The molecule has 0 saturated carbocycles. The maximum absolute atomic E-state index is 14.9. The molecule has 12 nitrogen and oxygen atoms in total. The van der Waals surface area contributed by atoms with Crippen molar-refractivity contribution in [2.24, 2.45) is 28.8 Å². The number of carbonyl (C=O) groups excluding carboxylic acids is 3. The molecule has 3 rings (SSSR count). The Morgan fingerprint density at radius 1 is 0.629 bits per heavy atom. The van der Waals surface area contributed by atoms with Crippen LogP contribution in [-0.4, -0.2) is 63.6 Å². The zero-order valence-corrected chi connectivity index (χ0v) is 37.8. The number of nitrogens with zero attached hydrogens (tertiary/aromatic N) is 2. The van der Waals surface area contributed by atoms with Gasteiger partial charge in [0.05, 0.1) is 5.69 Å². The molecular weight excluding hydrogens is 783 g/mol. The second kappa shape index (κ2) is 27.4. The van der Waals surface area contributed by atoms with Gasteiger partial charge in [0.15, 0.2) is 0 Å². The predicted molar refractivity (Wildman–Crippen MR) is 250 cm³/mol. The van der Waals surface area contributed by atoms with Crippen molar-refractivity contribution in [3.8, 4) is 0 Å². The number of rotatable bonds is 29. The van der Waals surface area contributed by atoms with Gasteiger partial charge in [-0.15, -0.1) is 0 Å². The smallest absolute Gasteiger partial charge is 0.364 e. The van der Waals surface area contributed by atoms with E-state index >= 15 is 0 Å². The monoisotopic (exact) mass is 854 g/mol. The number of unbranched alkanes of at least 4 members (excludes halogenated alkanes) is 2. The number of nitrogens with one attached hydrogen (secondary N) is 3. The third-order valence-corrected chi connectivity index (χ3v) is 12.0. The summed E-state index contributed by atoms with van der Waals surface area (Å²) < 4.78 is 0. The molecule has 5 N–H and O–H groups in total. The molecule has 338 valence electrons. The fourth-order valence-corrected chi connectivity index (χ4v) is 7.83. The highest BCUT2D eigenvalue weighted by molar-refractivity contribution is 6.61. The Hall–Kier alpha value is -5.52. The summed E-state index contributed by atoms with van der Waals surface area (Å²) in [7, 11) is 0. The summed E-state index contributed by atoms with van der Waals surface area (Å²) in [6.45, 7) is 14.6. The Labute approximate surface area is 369 Å². The van der Waals surface area contributed by atoms with E-state index in [1.54, 1.807) is 24.3 Å². The lowest BCUT2D eigenvalue weighted by Crippen LogP contribution is -2.42. The van der Waals surface area contributed by atoms with Crippen LogP contribution in [0.25, 0.3) is 0 Å². The lowest BCUT2D eigenvalue weighted by Gasteiger charge is -2.34. The van der Waals surface area contributed by atoms with Crippen molar-refractivity contribution in [2.75, 3.05) is 29.1 Å². The SMILES string of the molecule is CCCCC(CC)CN(CC(CC)CCCC)C(=O)C(CCC(C)C(=O)Nc1cccc(NC(=O)c2ccc(NN=C(C(=O)O)C(=O)O)cc2)c1)CCC(CC)c1ccccc1. The minimum Gasteiger partial charge on any atom is -0.476 e. The van der Waals surface area contributed by atoms with Crippen LogP contribution < -0.4 is 16.1 Å². The quantitative estimate of drug-likeness (QED) is 0.0260. The van der Waals surface area contributed by atoms with Gasteiger partial charge < -0.3 is 25.7 Å². The summed E-state index contributed by atoms with van der Waals surface area (Å²) in [6, 6.07) is 23.3. The number of aliphatic carboxylic acids is 2. The Morgan fingerprint density at radius 2 is 1.19 bits per heavy atom. The summed E-state index contributed by atoms with van der Waals surface area (Å²) in [6.07, 6.45) is 12.8. The first-order valence-electron chi connectivity index (χ1n) is 22.8. The van der Waals surface area contributed by atoms with E-state index in [2.05, 4.69) is 84.9 Å². The predicted octanol–water partition coefficient (Wildman–Crippen LogP) is 11.1. The maximum atomic E-state index is 14.9. The molecule has 0 radical (unpaired) electrons. The van der Waals surface area contributed by atoms with Gasteiger partial charge in [-0.25, -0.2) is 9.59 Å². The highest BCUT2D eigenvalue weighted by Crippen LogP contribution is 2.31. The van der Waals surface area contributed by atoms with Crippen molar-refractivity contribution in [3.05, 3.63) is 90.0 Å². The van der Waals surface area contributed by atoms with Crippen LogP contribution in [0.2, 0.25) is 0 Å². The topological polar surface area (TPSA) is 177 Å². The molecule has 0 spiro atoms. The molecule has 0 saturated heterocycles. The summed E-state index contributed by atoms with van der Waals surface area (Å²) in [5.74, 6) is -3.02. The van der Waals surface area contributed by atoms with E-state index < -0.39 is 23.6 Å². The average molecular weight is 854 g/mol. The van der Waals surface area contributed by atoms with E-state index in [1.807, 2.05) is 13.0 Å². The van der Waals surface area contributed by atoms with Crippen LogP contribution in [-0.2, 0) is 19.2 Å². The van der Waals surface area contributed by atoms with Crippen LogP contribution in [0, 0.1) is 23.7 Å². The number of hydrogen-bond donors (Lipinski definition) is 5. The van der Waals surface area contributed by atoms with Crippen LogP contribution in [0.4, 0.5) is 17.1 Å². The van der Waals surface area contributed by atoms with Crippen molar-refractivity contribution in [2.45, 2.75) is 131 Å². The number of amides is 3. The molecule has 5 atom stereocenters. The fourth-order valence-electron chi connectivity index (χ4n) is 7.83. The normalized spacial score (nSPS) is 13.5. The molecule has 3 aromatic carbocycles. The summed E-state index contributed by atoms with van der Waals surface area (Å²) in [5.41, 5.74) is 4.14. The molecule has 0 aliphatic heterocycles. The van der Waals surface area contributed by atoms with Crippen molar-refractivity contribution in [1.29, 1.82) is 0 Å². The van der Waals surface area contributed by atoms with Gasteiger partial charge in [0.1, 0.15) is 0 Å². The van der Waals surface area contributed by atoms with Crippen LogP contribution in [0.1, 0.15) is 147 Å². The molecule has 0 bridgehead atoms. The minimum absolute atomic E-state index is 0.164. The van der Waals surface area contributed by atoms with E-state index in [-0.39, 0.29) is 34.9 Å². The largest absolute Gasteiger partial charge is 0.476 e. The van der Waals surface area contributed by atoms with E-state index in [0.29, 0.717) is 42.0 Å². The highest BCUT2D eigenvalue weighted by Gasteiger charge is 2.30. The van der Waals surface area contributed by atoms with Gasteiger partial charge >= 0.3 is 11.9 Å². The molecule has 62 heavy (non-hydrogen) atoms. The molecule has 0 aromatic heterocycles. The standard InChI is InChI=1S/C50H71N5O7/c1-7-12-18-36(9-3)33-55(34-37(10-4)19-13-8-2)48(58)41(27-26-38(11-5)39-20-15-14-16-21-39)25-24-35(6)46(56)51-43-22-17-23-44(32-43)52-47(57)40-28-30-42(31-29-40)53-54-45(49(59)60)50(61)62/h14-17,20-23,28-32,35-38,41,53H,7-13,18-19,24-27,33-34H2,1-6H3,(H,51,56)(H,52,57)(H,59,60)(H,61,62). The molecule has 3 aromatic rings. The average Bonchev–Trinajstić information content (AvgIpc) is 3.27. The second-order valence-corrected chi connectivity index (χ2v) is 16.6. The minimum atomic E-state index is -1.69. The molecule has 0 heterocycles. The van der Waals surface area contributed by atoms with E-state index in [9.17, 15) is 24.0 Å². The van der Waals surface area contributed by atoms with Crippen LogP contribution in [0.3, 0.4) is 0 Å². The fraction of sp³-hybridized carbons (Fsp3) is 0.520. The number of benzene rings is 3. The number of anilines is 3. The van der Waals surface area contributed by atoms with Crippen molar-refractivity contribution >= 4 is 52.4 Å². The van der Waals surface area contributed by atoms with Crippen molar-refractivity contribution < 1.29 is 34.2 Å². The van der Waals surface area contributed by atoms with E-state index in [1.165, 1.54) is 29.8 Å². The number of hydrazone groups is 1. The Balaban J connectivity index is 1.74. The first-order valence-corrected chi connectivity index (χ1v) is 22.8. The Bertz CT molecular complexity index is 1850. The second-order valence-electron chi connectivity index (χ2n) is 16.6. The molecule has 0 aliphatic rings. The molecule has 0 aliphatic carbocycles. The lowest BCUT2D eigenvalue weighted by molar-refractivity contribution is -0.138. The molecule has 5 unspecified atom stereocenters. The molecular formula is C50H71N5O7. The van der Waals surface area contributed by atoms with E-state index in [0.717, 1.165) is 83.7 Å². The van der Waals surface area contributed by atoms with E-state index in [4.69, 9.17) is 10.2 Å². The van der Waals surface area contributed by atoms with Crippen molar-refractivity contribution in [1.82, 2.24) is 4.90 Å². The number of carbonyl (C=O) groups is 5. The van der Waals surface area contributed by atoms with Gasteiger partial charge in [-0.3, -0.25) is 19.8 Å². The third-order valence-electron chi connectivity index (χ3n) is 12.0. The summed E-state index contributed by atoms with van der Waals surface area (Å²) >= 11 is 0. The van der Waals surface area contributed by atoms with Crippen LogP contribution in [0.15, 0.2) is 84.0 Å². The number of carboxylic acid groups (broad SMARTS) is 2.